The summed E-state index contributed by atoms with van der Waals surface area (Å²) in [5.74, 6) is 0.451. The zero-order valence-electron chi connectivity index (χ0n) is 10.3. The summed E-state index contributed by atoms with van der Waals surface area (Å²) >= 11 is 0. The zero-order chi connectivity index (χ0) is 13.8. The first-order valence-corrected chi connectivity index (χ1v) is 8.56. The van der Waals surface area contributed by atoms with Gasteiger partial charge in [0, 0.05) is 41.2 Å². The molecular formula is C10H17N3O3S2. The van der Waals surface area contributed by atoms with E-state index in [1.54, 1.807) is 13.2 Å². The Morgan fingerprint density at radius 2 is 2.22 bits per heavy atom. The number of hydrogen-bond acceptors (Lipinski definition) is 5. The SMILES string of the molecule is CC(CCS(C)=O)NS(=O)(=O)c1cnccc1N. The van der Waals surface area contributed by atoms with Gasteiger partial charge < -0.3 is 5.73 Å². The Morgan fingerprint density at radius 3 is 2.78 bits per heavy atom. The number of hydrogen-bond donors (Lipinski definition) is 2. The fourth-order valence-corrected chi connectivity index (χ4v) is 3.38. The van der Waals surface area contributed by atoms with Gasteiger partial charge in [0.15, 0.2) is 0 Å². The van der Waals surface area contributed by atoms with E-state index >= 15 is 0 Å². The molecule has 1 heterocycles. The molecule has 0 aliphatic heterocycles. The summed E-state index contributed by atoms with van der Waals surface area (Å²) in [7, 11) is -4.61. The van der Waals surface area contributed by atoms with Crippen molar-refractivity contribution in [2.24, 2.45) is 0 Å². The van der Waals surface area contributed by atoms with Gasteiger partial charge in [-0.05, 0) is 19.4 Å². The molecular weight excluding hydrogens is 274 g/mol. The fourth-order valence-electron chi connectivity index (χ4n) is 1.35. The summed E-state index contributed by atoms with van der Waals surface area (Å²) in [6.45, 7) is 1.72. The van der Waals surface area contributed by atoms with Crippen molar-refractivity contribution in [3.05, 3.63) is 18.5 Å². The second-order valence-corrected chi connectivity index (χ2v) is 7.24. The molecule has 0 aliphatic carbocycles. The van der Waals surface area contributed by atoms with Gasteiger partial charge in [-0.1, -0.05) is 0 Å². The molecule has 0 bridgehead atoms. The minimum absolute atomic E-state index is 0.0329. The predicted octanol–water partition coefficient (Wildman–Crippen LogP) is 0.0992. The van der Waals surface area contributed by atoms with E-state index in [-0.39, 0.29) is 16.6 Å². The van der Waals surface area contributed by atoms with Crippen molar-refractivity contribution >= 4 is 26.5 Å². The Balaban J connectivity index is 2.77. The van der Waals surface area contributed by atoms with Gasteiger partial charge in [0.05, 0.1) is 5.69 Å². The first-order chi connectivity index (χ1) is 8.33. The molecule has 0 saturated carbocycles. The lowest BCUT2D eigenvalue weighted by Crippen LogP contribution is -2.34. The Kier molecular flexibility index (Phi) is 5.24. The minimum atomic E-state index is -3.67. The van der Waals surface area contributed by atoms with Crippen LogP contribution in [-0.4, -0.2) is 35.7 Å². The van der Waals surface area contributed by atoms with Gasteiger partial charge in [0.1, 0.15) is 4.90 Å². The van der Waals surface area contributed by atoms with E-state index in [4.69, 9.17) is 5.73 Å². The molecule has 0 spiro atoms. The Labute approximate surface area is 110 Å². The smallest absolute Gasteiger partial charge is 0.244 e. The number of nitrogens with zero attached hydrogens (tertiary/aromatic N) is 1. The number of nitrogens with one attached hydrogen (secondary N) is 1. The van der Waals surface area contributed by atoms with Crippen LogP contribution in [0.1, 0.15) is 13.3 Å². The maximum Gasteiger partial charge on any atom is 0.244 e. The van der Waals surface area contributed by atoms with Crippen LogP contribution in [0.4, 0.5) is 5.69 Å². The van der Waals surface area contributed by atoms with Crippen LogP contribution < -0.4 is 10.5 Å². The lowest BCUT2D eigenvalue weighted by molar-refractivity contribution is 0.556. The first-order valence-electron chi connectivity index (χ1n) is 5.35. The molecule has 18 heavy (non-hydrogen) atoms. The Hall–Kier alpha value is -0.990. The molecule has 2 atom stereocenters. The van der Waals surface area contributed by atoms with Crippen LogP contribution >= 0.6 is 0 Å². The van der Waals surface area contributed by atoms with Gasteiger partial charge >= 0.3 is 0 Å². The van der Waals surface area contributed by atoms with Gasteiger partial charge in [-0.25, -0.2) is 13.1 Å². The molecule has 0 saturated heterocycles. The quantitative estimate of drug-likeness (QED) is 0.774. The average molecular weight is 291 g/mol. The summed E-state index contributed by atoms with van der Waals surface area (Å²) < 4.78 is 37.4. The van der Waals surface area contributed by atoms with Crippen molar-refractivity contribution in [2.75, 3.05) is 17.7 Å². The highest BCUT2D eigenvalue weighted by molar-refractivity contribution is 7.89. The third-order valence-corrected chi connectivity index (χ3v) is 4.74. The lowest BCUT2D eigenvalue weighted by Gasteiger charge is -2.14. The Bertz CT molecular complexity index is 531. The van der Waals surface area contributed by atoms with Gasteiger partial charge in [-0.2, -0.15) is 0 Å². The Morgan fingerprint density at radius 1 is 1.56 bits per heavy atom. The molecule has 0 aromatic carbocycles. The van der Waals surface area contributed by atoms with Gasteiger partial charge in [0.25, 0.3) is 0 Å². The maximum absolute atomic E-state index is 12.0. The van der Waals surface area contributed by atoms with Crippen molar-refractivity contribution in [1.29, 1.82) is 0 Å². The lowest BCUT2D eigenvalue weighted by atomic mass is 10.3. The number of pyridine rings is 1. The van der Waals surface area contributed by atoms with Crippen LogP contribution in [0.25, 0.3) is 0 Å². The van der Waals surface area contributed by atoms with E-state index in [1.165, 1.54) is 18.5 Å². The number of aromatic nitrogens is 1. The average Bonchev–Trinajstić information content (AvgIpc) is 2.26. The molecule has 8 heteroatoms. The van der Waals surface area contributed by atoms with E-state index in [0.29, 0.717) is 12.2 Å². The summed E-state index contributed by atoms with van der Waals surface area (Å²) in [5.41, 5.74) is 5.75. The molecule has 0 fully saturated rings. The van der Waals surface area contributed by atoms with Crippen LogP contribution in [-0.2, 0) is 20.8 Å². The van der Waals surface area contributed by atoms with E-state index in [2.05, 4.69) is 9.71 Å². The molecule has 1 aromatic heterocycles. The molecule has 0 amide bonds. The monoisotopic (exact) mass is 291 g/mol. The molecule has 102 valence electrons. The van der Waals surface area contributed by atoms with Crippen LogP contribution in [0.3, 0.4) is 0 Å². The molecule has 6 nitrogen and oxygen atoms in total. The number of sulfonamides is 1. The molecule has 0 radical (unpaired) electrons. The fraction of sp³-hybridized carbons (Fsp3) is 0.500. The summed E-state index contributed by atoms with van der Waals surface area (Å²) in [6.07, 6.45) is 4.73. The van der Waals surface area contributed by atoms with Crippen LogP contribution in [0.2, 0.25) is 0 Å². The molecule has 2 unspecified atom stereocenters. The number of nitrogen functional groups attached to an aromatic ring is 1. The van der Waals surface area contributed by atoms with Crippen LogP contribution in [0, 0.1) is 0 Å². The van der Waals surface area contributed by atoms with Gasteiger partial charge in [-0.15, -0.1) is 0 Å². The van der Waals surface area contributed by atoms with Crippen LogP contribution in [0.5, 0.6) is 0 Å². The number of nitrogens with two attached hydrogens (primary N) is 1. The molecule has 1 aromatic rings. The molecule has 1 rings (SSSR count). The third kappa shape index (κ3) is 4.35. The minimum Gasteiger partial charge on any atom is -0.398 e. The normalized spacial score (nSPS) is 15.2. The van der Waals surface area contributed by atoms with Gasteiger partial charge in [0.2, 0.25) is 10.0 Å². The summed E-state index contributed by atoms with van der Waals surface area (Å²) in [4.78, 5) is 3.71. The maximum atomic E-state index is 12.0. The van der Waals surface area contributed by atoms with Crippen molar-refractivity contribution in [3.8, 4) is 0 Å². The first kappa shape index (κ1) is 15.1. The van der Waals surface area contributed by atoms with Crippen molar-refractivity contribution < 1.29 is 12.6 Å². The highest BCUT2D eigenvalue weighted by Gasteiger charge is 2.20. The summed E-state index contributed by atoms with van der Waals surface area (Å²) in [6, 6.07) is 1.12. The van der Waals surface area contributed by atoms with E-state index in [9.17, 15) is 12.6 Å². The standard InChI is InChI=1S/C10H17N3O3S2/c1-8(4-6-17(2)14)13-18(15,16)10-7-12-5-3-9(10)11/h3,5,7-8,13H,4,6H2,1-2H3,(H2,11,12). The van der Waals surface area contributed by atoms with Crippen molar-refractivity contribution in [2.45, 2.75) is 24.3 Å². The highest BCUT2D eigenvalue weighted by Crippen LogP contribution is 2.16. The molecule has 3 N–H and O–H groups in total. The third-order valence-electron chi connectivity index (χ3n) is 2.30. The number of anilines is 1. The zero-order valence-corrected chi connectivity index (χ0v) is 11.9. The van der Waals surface area contributed by atoms with Crippen molar-refractivity contribution in [3.63, 3.8) is 0 Å². The van der Waals surface area contributed by atoms with E-state index in [0.717, 1.165) is 0 Å². The topological polar surface area (TPSA) is 102 Å². The largest absolute Gasteiger partial charge is 0.398 e. The van der Waals surface area contributed by atoms with Crippen LogP contribution in [0.15, 0.2) is 23.4 Å². The van der Waals surface area contributed by atoms with Gasteiger partial charge in [-0.3, -0.25) is 9.19 Å². The van der Waals surface area contributed by atoms with E-state index in [1.807, 2.05) is 0 Å². The predicted molar refractivity (Wildman–Crippen MR) is 72.0 cm³/mol. The second-order valence-electron chi connectivity index (χ2n) is 4.00. The van der Waals surface area contributed by atoms with E-state index < -0.39 is 20.8 Å². The van der Waals surface area contributed by atoms with Crippen molar-refractivity contribution in [1.82, 2.24) is 9.71 Å². The highest BCUT2D eigenvalue weighted by atomic mass is 32.2. The summed E-state index contributed by atoms with van der Waals surface area (Å²) in [5, 5.41) is 0. The second kappa shape index (κ2) is 6.26. The molecule has 0 aliphatic rings. The number of rotatable bonds is 6.